The van der Waals surface area contributed by atoms with Crippen molar-refractivity contribution in [2.24, 2.45) is 0 Å². The van der Waals surface area contributed by atoms with Crippen LogP contribution in [-0.4, -0.2) is 36.7 Å². The molecule has 1 heterocycles. The molecule has 2 rings (SSSR count). The van der Waals surface area contributed by atoms with Crippen molar-refractivity contribution in [3.8, 4) is 6.07 Å². The van der Waals surface area contributed by atoms with Crippen LogP contribution >= 0.6 is 0 Å². The number of nitrogens with zero attached hydrogens (tertiary/aromatic N) is 2. The molecular weight excluding hydrogens is 249 g/mol. The number of anilines is 1. The minimum absolute atomic E-state index is 0.0280. The maximum Gasteiger partial charge on any atom is 0.322 e. The maximum atomic E-state index is 13.0. The summed E-state index contributed by atoms with van der Waals surface area (Å²) in [6.45, 7) is 3.36. The lowest BCUT2D eigenvalue weighted by Gasteiger charge is -2.33. The van der Waals surface area contributed by atoms with Gasteiger partial charge in [0.25, 0.3) is 0 Å². The number of carbonyl (C=O) groups is 1. The van der Waals surface area contributed by atoms with Gasteiger partial charge in [-0.3, -0.25) is 0 Å². The lowest BCUT2D eigenvalue weighted by Crippen LogP contribution is -2.48. The highest BCUT2D eigenvalue weighted by Gasteiger charge is 2.24. The molecule has 5 nitrogen and oxygen atoms in total. The number of morpholine rings is 1. The molecule has 0 radical (unpaired) electrons. The summed E-state index contributed by atoms with van der Waals surface area (Å²) in [5.41, 5.74) is 0.418. The monoisotopic (exact) mass is 263 g/mol. The highest BCUT2D eigenvalue weighted by molar-refractivity contribution is 5.91. The van der Waals surface area contributed by atoms with E-state index in [1.54, 1.807) is 4.90 Å². The van der Waals surface area contributed by atoms with Crippen molar-refractivity contribution in [1.29, 1.82) is 5.26 Å². The van der Waals surface area contributed by atoms with Gasteiger partial charge in [0.1, 0.15) is 11.9 Å². The second-order valence-corrected chi connectivity index (χ2v) is 4.35. The standard InChI is InChI=1S/C13H14FN3O2/c1-9-8-19-5-4-17(9)13(18)16-12-3-2-11(14)6-10(12)7-15/h2-3,6,9H,4-5,8H2,1H3,(H,16,18). The van der Waals surface area contributed by atoms with Crippen molar-refractivity contribution in [1.82, 2.24) is 4.90 Å². The molecule has 1 N–H and O–H groups in total. The van der Waals surface area contributed by atoms with Crippen LogP contribution in [0.25, 0.3) is 0 Å². The van der Waals surface area contributed by atoms with E-state index in [2.05, 4.69) is 5.32 Å². The number of urea groups is 1. The lowest BCUT2D eigenvalue weighted by atomic mass is 10.2. The van der Waals surface area contributed by atoms with Gasteiger partial charge in [-0.15, -0.1) is 0 Å². The van der Waals surface area contributed by atoms with E-state index in [0.717, 1.165) is 6.07 Å². The summed E-state index contributed by atoms with van der Waals surface area (Å²) in [6.07, 6.45) is 0. The topological polar surface area (TPSA) is 65.4 Å². The van der Waals surface area contributed by atoms with Crippen molar-refractivity contribution < 1.29 is 13.9 Å². The first-order valence-corrected chi connectivity index (χ1v) is 5.97. The summed E-state index contributed by atoms with van der Waals surface area (Å²) in [6, 6.07) is 5.21. The molecule has 1 unspecified atom stereocenters. The summed E-state index contributed by atoms with van der Waals surface area (Å²) in [5.74, 6) is -0.505. The number of amides is 2. The van der Waals surface area contributed by atoms with Gasteiger partial charge in [-0.2, -0.15) is 5.26 Å². The van der Waals surface area contributed by atoms with E-state index < -0.39 is 5.82 Å². The van der Waals surface area contributed by atoms with Crippen LogP contribution in [0.2, 0.25) is 0 Å². The van der Waals surface area contributed by atoms with E-state index in [1.807, 2.05) is 13.0 Å². The third-order valence-corrected chi connectivity index (χ3v) is 2.97. The molecule has 1 aliphatic rings. The number of hydrogen-bond donors (Lipinski definition) is 1. The van der Waals surface area contributed by atoms with E-state index in [-0.39, 0.29) is 17.6 Å². The van der Waals surface area contributed by atoms with Crippen molar-refractivity contribution in [3.63, 3.8) is 0 Å². The quantitative estimate of drug-likeness (QED) is 0.842. The maximum absolute atomic E-state index is 13.0. The molecular formula is C13H14FN3O2. The van der Waals surface area contributed by atoms with Gasteiger partial charge < -0.3 is 15.0 Å². The first-order valence-electron chi connectivity index (χ1n) is 5.97. The second kappa shape index (κ2) is 5.67. The molecule has 0 bridgehead atoms. The third-order valence-electron chi connectivity index (χ3n) is 2.97. The first-order chi connectivity index (χ1) is 9.11. The Hall–Kier alpha value is -2.13. The van der Waals surface area contributed by atoms with Gasteiger partial charge in [-0.05, 0) is 25.1 Å². The van der Waals surface area contributed by atoms with Gasteiger partial charge in [-0.1, -0.05) is 0 Å². The number of rotatable bonds is 1. The van der Waals surface area contributed by atoms with Gasteiger partial charge in [0.05, 0.1) is 30.5 Å². The Morgan fingerprint density at radius 3 is 3.11 bits per heavy atom. The molecule has 1 atom stereocenters. The fraction of sp³-hybridized carbons (Fsp3) is 0.385. The van der Waals surface area contributed by atoms with Gasteiger partial charge in [-0.25, -0.2) is 9.18 Å². The molecule has 6 heteroatoms. The molecule has 0 aromatic heterocycles. The first kappa shape index (κ1) is 13.3. The Bertz CT molecular complexity index is 527. The van der Waals surface area contributed by atoms with Crippen LogP contribution in [0.1, 0.15) is 12.5 Å². The van der Waals surface area contributed by atoms with Crippen LogP contribution in [0.4, 0.5) is 14.9 Å². The zero-order chi connectivity index (χ0) is 13.8. The van der Waals surface area contributed by atoms with Crippen LogP contribution in [-0.2, 0) is 4.74 Å². The van der Waals surface area contributed by atoms with Crippen LogP contribution < -0.4 is 5.32 Å². The molecule has 0 spiro atoms. The van der Waals surface area contributed by atoms with E-state index in [9.17, 15) is 9.18 Å². The number of benzene rings is 1. The molecule has 0 aliphatic carbocycles. The number of halogens is 1. The number of carbonyl (C=O) groups excluding carboxylic acids is 1. The van der Waals surface area contributed by atoms with Gasteiger partial charge in [0.2, 0.25) is 0 Å². The van der Waals surface area contributed by atoms with E-state index in [1.165, 1.54) is 12.1 Å². The molecule has 1 saturated heterocycles. The second-order valence-electron chi connectivity index (χ2n) is 4.35. The molecule has 2 amide bonds. The van der Waals surface area contributed by atoms with E-state index in [4.69, 9.17) is 10.00 Å². The van der Waals surface area contributed by atoms with E-state index in [0.29, 0.717) is 25.4 Å². The van der Waals surface area contributed by atoms with Crippen LogP contribution in [0.3, 0.4) is 0 Å². The molecule has 100 valence electrons. The Balaban J connectivity index is 2.12. The fourth-order valence-electron chi connectivity index (χ4n) is 1.93. The Kier molecular flexibility index (Phi) is 3.97. The van der Waals surface area contributed by atoms with Gasteiger partial charge in [0, 0.05) is 6.54 Å². The fourth-order valence-corrected chi connectivity index (χ4v) is 1.93. The summed E-state index contributed by atoms with van der Waals surface area (Å²) in [5, 5.41) is 11.5. The summed E-state index contributed by atoms with van der Waals surface area (Å²) < 4.78 is 18.2. The van der Waals surface area contributed by atoms with Crippen molar-refractivity contribution >= 4 is 11.7 Å². The summed E-state index contributed by atoms with van der Waals surface area (Å²) in [4.78, 5) is 13.7. The summed E-state index contributed by atoms with van der Waals surface area (Å²) in [7, 11) is 0. The number of nitrogens with one attached hydrogen (secondary N) is 1. The van der Waals surface area contributed by atoms with Gasteiger partial charge in [0.15, 0.2) is 0 Å². The summed E-state index contributed by atoms with van der Waals surface area (Å²) >= 11 is 0. The highest BCUT2D eigenvalue weighted by Crippen LogP contribution is 2.17. The molecule has 1 aromatic rings. The Morgan fingerprint density at radius 1 is 1.63 bits per heavy atom. The normalized spacial score (nSPS) is 18.8. The average molecular weight is 263 g/mol. The highest BCUT2D eigenvalue weighted by atomic mass is 19.1. The van der Waals surface area contributed by atoms with Gasteiger partial charge >= 0.3 is 6.03 Å². The molecule has 1 aliphatic heterocycles. The molecule has 1 aromatic carbocycles. The van der Waals surface area contributed by atoms with Crippen LogP contribution in [0.15, 0.2) is 18.2 Å². The SMILES string of the molecule is CC1COCCN1C(=O)Nc1ccc(F)cc1C#N. The predicted molar refractivity (Wildman–Crippen MR) is 67.1 cm³/mol. The van der Waals surface area contributed by atoms with Crippen molar-refractivity contribution in [2.45, 2.75) is 13.0 Å². The molecule has 1 fully saturated rings. The number of hydrogen-bond acceptors (Lipinski definition) is 3. The zero-order valence-corrected chi connectivity index (χ0v) is 10.5. The molecule has 19 heavy (non-hydrogen) atoms. The minimum Gasteiger partial charge on any atom is -0.377 e. The van der Waals surface area contributed by atoms with E-state index >= 15 is 0 Å². The smallest absolute Gasteiger partial charge is 0.322 e. The van der Waals surface area contributed by atoms with Crippen molar-refractivity contribution in [2.75, 3.05) is 25.1 Å². The Labute approximate surface area is 110 Å². The van der Waals surface area contributed by atoms with Crippen molar-refractivity contribution in [3.05, 3.63) is 29.6 Å². The third kappa shape index (κ3) is 3.01. The Morgan fingerprint density at radius 2 is 2.42 bits per heavy atom. The molecule has 0 saturated carbocycles. The van der Waals surface area contributed by atoms with Crippen LogP contribution in [0.5, 0.6) is 0 Å². The van der Waals surface area contributed by atoms with Crippen LogP contribution in [0, 0.1) is 17.1 Å². The average Bonchev–Trinajstić information content (AvgIpc) is 2.41. The zero-order valence-electron chi connectivity index (χ0n) is 10.5. The number of nitriles is 1. The largest absolute Gasteiger partial charge is 0.377 e. The number of ether oxygens (including phenoxy) is 1. The minimum atomic E-state index is -0.505. The lowest BCUT2D eigenvalue weighted by molar-refractivity contribution is 0.0221. The predicted octanol–water partition coefficient (Wildman–Crippen LogP) is 1.95.